The van der Waals surface area contributed by atoms with Crippen molar-refractivity contribution in [2.24, 2.45) is 35.3 Å². The molecule has 476 valence electrons. The van der Waals surface area contributed by atoms with E-state index >= 15 is 0 Å². The fourth-order valence-corrected chi connectivity index (χ4v) is 11.2. The number of urea groups is 1. The zero-order chi connectivity index (χ0) is 61.2. The molecule has 21 nitrogen and oxygen atoms in total. The Morgan fingerprint density at radius 1 is 0.726 bits per heavy atom. The standard InChI is InChI=1S/C63H103N5O16/c1-5-7-9-11-12-13-14-15-16-17-19-24-30-51(83-53(71)31-25-18-10-8-6-2)55(72)49(41-80-60-58(75)57(74)56(73)52(38-69)84-60)67-62(78)81-39-43-32-34-45(35-33-43)66-59(76)44(27-26-36-65-61(64)77)37-50(70)54(42(3)4)68-63(79)82-40-48-46-28-22-20-21-23-29-47(46)48/h32-35,42,44,46-49,51-52,54-58,60,69,72-75H,5-19,22-31,36-41H2,1-4H3,(H,66,76)(H,67,78)(H,68,79)(H3,64,65,77)/t44-,46-,47+,48?,49+,51-,52?,54+,55+,56+,57+,58?,60+/m1/s1. The van der Waals surface area contributed by atoms with E-state index < -0.39 is 104 Å². The Bertz CT molecular complexity index is 2140. The number of primary amides is 1. The molecule has 1 aliphatic heterocycles. The van der Waals surface area contributed by atoms with Crippen LogP contribution in [0.2, 0.25) is 0 Å². The molecule has 4 rings (SSSR count). The minimum Gasteiger partial charge on any atom is -0.460 e. The van der Waals surface area contributed by atoms with Gasteiger partial charge in [0.1, 0.15) is 43.2 Å². The predicted molar refractivity (Wildman–Crippen MR) is 317 cm³/mol. The van der Waals surface area contributed by atoms with Crippen LogP contribution in [0.4, 0.5) is 20.1 Å². The van der Waals surface area contributed by atoms with Gasteiger partial charge in [0, 0.05) is 43.8 Å². The fraction of sp³-hybridized carbons (Fsp3) is 0.778. The number of aliphatic hydroxyl groups excluding tert-OH is 5. The van der Waals surface area contributed by atoms with Crippen LogP contribution in [0.15, 0.2) is 24.3 Å². The molecule has 1 saturated heterocycles. The van der Waals surface area contributed by atoms with Crippen LogP contribution in [0.25, 0.3) is 0 Å². The quantitative estimate of drug-likeness (QED) is 0.0128. The molecule has 1 heterocycles. The second-order valence-electron chi connectivity index (χ2n) is 23.6. The number of Topliss-reactive ketones (excluding diaryl/α,β-unsaturated/α-hetero) is 1. The van der Waals surface area contributed by atoms with Crippen molar-refractivity contribution in [1.29, 1.82) is 0 Å². The first-order chi connectivity index (χ1) is 40.5. The maximum Gasteiger partial charge on any atom is 0.407 e. The first kappa shape index (κ1) is 71.4. The summed E-state index contributed by atoms with van der Waals surface area (Å²) < 4.78 is 28.6. The van der Waals surface area contributed by atoms with Gasteiger partial charge in [-0.2, -0.15) is 0 Å². The number of hydrogen-bond acceptors (Lipinski definition) is 16. The number of aliphatic hydroxyl groups is 5. The van der Waals surface area contributed by atoms with E-state index in [1.54, 1.807) is 38.1 Å². The maximum absolute atomic E-state index is 13.9. The number of anilines is 1. The lowest BCUT2D eigenvalue weighted by molar-refractivity contribution is -0.303. The van der Waals surface area contributed by atoms with Gasteiger partial charge in [-0.1, -0.05) is 136 Å². The van der Waals surface area contributed by atoms with E-state index in [-0.39, 0.29) is 63.1 Å². The summed E-state index contributed by atoms with van der Waals surface area (Å²) in [6.07, 6.45) is 9.70. The zero-order valence-electron chi connectivity index (χ0n) is 50.6. The number of fused-ring (bicyclic) bond motifs is 1. The van der Waals surface area contributed by atoms with Crippen molar-refractivity contribution < 1.29 is 78.0 Å². The number of alkyl carbamates (subject to hydrolysis) is 2. The van der Waals surface area contributed by atoms with Gasteiger partial charge in [-0.15, -0.1) is 11.8 Å². The lowest BCUT2D eigenvalue weighted by Gasteiger charge is -2.40. The topological polar surface area (TPSA) is 324 Å². The zero-order valence-corrected chi connectivity index (χ0v) is 50.6. The van der Waals surface area contributed by atoms with Crippen molar-refractivity contribution in [1.82, 2.24) is 16.0 Å². The van der Waals surface area contributed by atoms with Crippen LogP contribution in [0.3, 0.4) is 0 Å². The number of ketones is 1. The van der Waals surface area contributed by atoms with Gasteiger partial charge in [0.2, 0.25) is 5.91 Å². The number of unbranched alkanes of at least 4 members (excludes halogenated alkanes) is 15. The Labute approximate surface area is 498 Å². The van der Waals surface area contributed by atoms with Crippen molar-refractivity contribution in [3.63, 3.8) is 0 Å². The molecule has 11 N–H and O–H groups in total. The van der Waals surface area contributed by atoms with Crippen molar-refractivity contribution in [3.05, 3.63) is 29.8 Å². The summed E-state index contributed by atoms with van der Waals surface area (Å²) in [5.74, 6) is 5.06. The largest absolute Gasteiger partial charge is 0.460 e. The molecule has 3 unspecified atom stereocenters. The molecule has 2 aliphatic carbocycles. The number of esters is 1. The van der Waals surface area contributed by atoms with E-state index in [2.05, 4.69) is 47.0 Å². The Balaban J connectivity index is 1.40. The van der Waals surface area contributed by atoms with E-state index in [4.69, 9.17) is 29.4 Å². The molecule has 5 amide bonds. The number of ether oxygens (including phenoxy) is 5. The number of nitrogens with two attached hydrogens (primary N) is 1. The molecule has 1 aromatic rings. The van der Waals surface area contributed by atoms with Crippen LogP contribution in [0, 0.1) is 41.4 Å². The highest BCUT2D eigenvalue weighted by Crippen LogP contribution is 2.52. The minimum absolute atomic E-state index is 0.139. The molecular weight excluding hydrogens is 1080 g/mol. The second kappa shape index (κ2) is 40.3. The van der Waals surface area contributed by atoms with Gasteiger partial charge in [0.25, 0.3) is 0 Å². The first-order valence-corrected chi connectivity index (χ1v) is 31.5. The smallest absolute Gasteiger partial charge is 0.407 e. The van der Waals surface area contributed by atoms with Gasteiger partial charge in [-0.25, -0.2) is 14.4 Å². The van der Waals surface area contributed by atoms with Crippen LogP contribution in [0.1, 0.15) is 200 Å². The van der Waals surface area contributed by atoms with Crippen LogP contribution in [-0.4, -0.2) is 143 Å². The van der Waals surface area contributed by atoms with Crippen molar-refractivity contribution in [2.45, 2.75) is 256 Å². The van der Waals surface area contributed by atoms with Crippen LogP contribution in [0.5, 0.6) is 0 Å². The monoisotopic (exact) mass is 1190 g/mol. The minimum atomic E-state index is -1.77. The Morgan fingerprint density at radius 3 is 1.89 bits per heavy atom. The molecule has 1 saturated carbocycles. The lowest BCUT2D eigenvalue weighted by Crippen LogP contribution is -2.60. The third kappa shape index (κ3) is 26.7. The van der Waals surface area contributed by atoms with E-state index in [0.717, 1.165) is 77.0 Å². The third-order valence-electron chi connectivity index (χ3n) is 16.5. The van der Waals surface area contributed by atoms with E-state index in [1.165, 1.54) is 44.9 Å². The highest BCUT2D eigenvalue weighted by Gasteiger charge is 2.49. The summed E-state index contributed by atoms with van der Waals surface area (Å²) in [6.45, 7) is 6.79. The van der Waals surface area contributed by atoms with E-state index in [9.17, 15) is 54.3 Å². The molecule has 1 aromatic carbocycles. The summed E-state index contributed by atoms with van der Waals surface area (Å²) in [6, 6.07) is 3.40. The van der Waals surface area contributed by atoms with Gasteiger partial charge in [0.05, 0.1) is 31.9 Å². The highest BCUT2D eigenvalue weighted by atomic mass is 16.7. The predicted octanol–water partition coefficient (Wildman–Crippen LogP) is 7.98. The van der Waals surface area contributed by atoms with Gasteiger partial charge < -0.3 is 76.2 Å². The maximum atomic E-state index is 13.9. The normalized spacial score (nSPS) is 22.7. The molecule has 2 fully saturated rings. The number of hydrogen-bond donors (Lipinski definition) is 10. The molecule has 84 heavy (non-hydrogen) atoms. The number of rotatable bonds is 42. The number of nitrogens with one attached hydrogen (secondary N) is 4. The fourth-order valence-electron chi connectivity index (χ4n) is 11.2. The van der Waals surface area contributed by atoms with Crippen molar-refractivity contribution in [2.75, 3.05) is 31.7 Å². The molecule has 0 bridgehead atoms. The average molecular weight is 1190 g/mol. The lowest BCUT2D eigenvalue weighted by atomic mass is 9.89. The molecule has 21 heteroatoms. The Kier molecular flexibility index (Phi) is 34.3. The first-order valence-electron chi connectivity index (χ1n) is 31.5. The number of carbonyl (C=O) groups excluding carboxylic acids is 6. The molecule has 13 atom stereocenters. The summed E-state index contributed by atoms with van der Waals surface area (Å²) in [5, 5.41) is 64.2. The molecular formula is C63H103N5O16. The highest BCUT2D eigenvalue weighted by molar-refractivity contribution is 5.97. The van der Waals surface area contributed by atoms with Crippen LogP contribution < -0.4 is 27.0 Å². The summed E-state index contributed by atoms with van der Waals surface area (Å²) in [7, 11) is 0. The Morgan fingerprint density at radius 2 is 1.31 bits per heavy atom. The van der Waals surface area contributed by atoms with E-state index in [0.29, 0.717) is 42.3 Å². The van der Waals surface area contributed by atoms with Crippen molar-refractivity contribution >= 4 is 41.6 Å². The van der Waals surface area contributed by atoms with Crippen molar-refractivity contribution in [3.8, 4) is 11.8 Å². The number of amides is 5. The molecule has 3 aliphatic rings. The number of carbonyl (C=O) groups is 6. The van der Waals surface area contributed by atoms with Crippen LogP contribution in [-0.2, 0) is 44.7 Å². The molecule has 0 aromatic heterocycles. The van der Waals surface area contributed by atoms with Gasteiger partial charge in [0.15, 0.2) is 12.1 Å². The molecule has 0 radical (unpaired) electrons. The second-order valence-corrected chi connectivity index (χ2v) is 23.6. The molecule has 0 spiro atoms. The van der Waals surface area contributed by atoms with E-state index in [1.807, 2.05) is 0 Å². The van der Waals surface area contributed by atoms with Gasteiger partial charge in [-0.3, -0.25) is 14.4 Å². The summed E-state index contributed by atoms with van der Waals surface area (Å²) >= 11 is 0. The SMILES string of the molecule is CCCCCCCCCCCCCC[C@@H](OC(=O)CCCCCCC)[C@@H](O)[C@H](CO[C@H]1OC(CO)[C@H](O)[C@H](O)C1O)NC(=O)OCc1ccc(NC(=O)[C@H](CCCNC(N)=O)CC(=O)[C@@H](NC(=O)OCC2[C@H]3CCC#CCC[C@@H]23)C(C)C)cc1. The van der Waals surface area contributed by atoms with Gasteiger partial charge in [-0.05, 0) is 86.3 Å². The third-order valence-corrected chi connectivity index (χ3v) is 16.5. The average Bonchev–Trinajstić information content (AvgIpc) is 2.48. The summed E-state index contributed by atoms with van der Waals surface area (Å²) in [5.41, 5.74) is 6.13. The Hall–Kier alpha value is -5.08. The van der Waals surface area contributed by atoms with Crippen LogP contribution >= 0.6 is 0 Å². The summed E-state index contributed by atoms with van der Waals surface area (Å²) in [4.78, 5) is 79.2. The van der Waals surface area contributed by atoms with Gasteiger partial charge >= 0.3 is 24.2 Å². The number of benzene rings is 1.